The molecule has 1 heterocycles. The van der Waals surface area contributed by atoms with Crippen LogP contribution in [-0.2, 0) is 22.6 Å². The number of carbonyl (C=O) groups is 2. The fraction of sp³-hybridized carbons (Fsp3) is 0.429. The first kappa shape index (κ1) is 12.2. The van der Waals surface area contributed by atoms with Crippen LogP contribution in [0.15, 0.2) is 18.2 Å². The second-order valence-corrected chi connectivity index (χ2v) is 5.15. The lowest BCUT2D eigenvalue weighted by molar-refractivity contribution is -0.120. The monoisotopic (exact) mass is 259 g/mol. The van der Waals surface area contributed by atoms with Crippen LogP contribution >= 0.6 is 0 Å². The SMILES string of the molecule is O=C(CNC1CC1)NCc1ccc2c(c1)CC(=O)N2. The standard InChI is InChI=1S/C14H17N3O2/c18-13-6-10-5-9(1-4-12(10)17-13)7-16-14(19)8-15-11-2-3-11/h1,4-5,11,15H,2-3,6-8H2,(H,16,19)(H,17,18). The zero-order chi connectivity index (χ0) is 13.2. The molecular formula is C14H17N3O2. The Morgan fingerprint density at radius 1 is 1.37 bits per heavy atom. The molecule has 1 aliphatic carbocycles. The molecule has 0 radical (unpaired) electrons. The Morgan fingerprint density at radius 2 is 2.21 bits per heavy atom. The van der Waals surface area contributed by atoms with Crippen LogP contribution < -0.4 is 16.0 Å². The van der Waals surface area contributed by atoms with E-state index in [4.69, 9.17) is 0 Å². The van der Waals surface area contributed by atoms with Gasteiger partial charge in [-0.2, -0.15) is 0 Å². The van der Waals surface area contributed by atoms with E-state index in [-0.39, 0.29) is 11.8 Å². The Balaban J connectivity index is 1.51. The summed E-state index contributed by atoms with van der Waals surface area (Å²) in [7, 11) is 0. The molecular weight excluding hydrogens is 242 g/mol. The zero-order valence-electron chi connectivity index (χ0n) is 10.7. The Bertz CT molecular complexity index is 523. The molecule has 5 nitrogen and oxygen atoms in total. The second kappa shape index (κ2) is 5.01. The normalized spacial score (nSPS) is 16.9. The molecule has 0 aromatic heterocycles. The van der Waals surface area contributed by atoms with E-state index in [1.165, 1.54) is 12.8 Å². The van der Waals surface area contributed by atoms with Crippen LogP contribution in [0.3, 0.4) is 0 Å². The van der Waals surface area contributed by atoms with E-state index in [9.17, 15) is 9.59 Å². The molecule has 3 N–H and O–H groups in total. The highest BCUT2D eigenvalue weighted by Crippen LogP contribution is 2.23. The average Bonchev–Trinajstić information content (AvgIpc) is 3.14. The van der Waals surface area contributed by atoms with E-state index in [0.717, 1.165) is 16.8 Å². The molecule has 1 aromatic carbocycles. The number of carbonyl (C=O) groups excluding carboxylic acids is 2. The van der Waals surface area contributed by atoms with Crippen molar-refractivity contribution in [2.24, 2.45) is 0 Å². The summed E-state index contributed by atoms with van der Waals surface area (Å²) in [6.07, 6.45) is 2.79. The maximum atomic E-state index is 11.6. The maximum Gasteiger partial charge on any atom is 0.234 e. The summed E-state index contributed by atoms with van der Waals surface area (Å²) < 4.78 is 0. The fourth-order valence-corrected chi connectivity index (χ4v) is 2.18. The van der Waals surface area contributed by atoms with Crippen LogP contribution in [0, 0.1) is 0 Å². The summed E-state index contributed by atoms with van der Waals surface area (Å²) in [5, 5.41) is 8.84. The minimum absolute atomic E-state index is 0.0154. The van der Waals surface area contributed by atoms with Gasteiger partial charge in [-0.15, -0.1) is 0 Å². The number of amides is 2. The van der Waals surface area contributed by atoms with E-state index < -0.39 is 0 Å². The minimum atomic E-state index is 0.0154. The number of anilines is 1. The van der Waals surface area contributed by atoms with Crippen LogP contribution in [0.5, 0.6) is 0 Å². The van der Waals surface area contributed by atoms with E-state index >= 15 is 0 Å². The zero-order valence-corrected chi connectivity index (χ0v) is 10.7. The molecule has 19 heavy (non-hydrogen) atoms. The number of fused-ring (bicyclic) bond motifs is 1. The third kappa shape index (κ3) is 3.12. The molecule has 5 heteroatoms. The average molecular weight is 259 g/mol. The van der Waals surface area contributed by atoms with Crippen LogP contribution in [0.1, 0.15) is 24.0 Å². The topological polar surface area (TPSA) is 70.2 Å². The quantitative estimate of drug-likeness (QED) is 0.723. The van der Waals surface area contributed by atoms with Crippen molar-refractivity contribution in [1.82, 2.24) is 10.6 Å². The first-order valence-electron chi connectivity index (χ1n) is 6.62. The molecule has 3 rings (SSSR count). The highest BCUT2D eigenvalue weighted by atomic mass is 16.2. The Kier molecular flexibility index (Phi) is 3.21. The molecule has 0 saturated heterocycles. The van der Waals surface area contributed by atoms with Gasteiger partial charge in [-0.3, -0.25) is 9.59 Å². The molecule has 0 spiro atoms. The largest absolute Gasteiger partial charge is 0.351 e. The highest BCUT2D eigenvalue weighted by Gasteiger charge is 2.21. The van der Waals surface area contributed by atoms with E-state index in [1.807, 2.05) is 18.2 Å². The van der Waals surface area contributed by atoms with Gasteiger partial charge >= 0.3 is 0 Å². The minimum Gasteiger partial charge on any atom is -0.351 e. The smallest absolute Gasteiger partial charge is 0.234 e. The van der Waals surface area contributed by atoms with Gasteiger partial charge in [0.05, 0.1) is 13.0 Å². The molecule has 1 aliphatic heterocycles. The molecule has 0 bridgehead atoms. The predicted molar refractivity (Wildman–Crippen MR) is 71.6 cm³/mol. The summed E-state index contributed by atoms with van der Waals surface area (Å²) in [4.78, 5) is 22.8. The predicted octanol–water partition coefficient (Wildman–Crippen LogP) is 0.549. The highest BCUT2D eigenvalue weighted by molar-refractivity contribution is 5.99. The molecule has 0 unspecified atom stereocenters. The molecule has 2 aliphatic rings. The van der Waals surface area contributed by atoms with Crippen LogP contribution in [-0.4, -0.2) is 24.4 Å². The van der Waals surface area contributed by atoms with Gasteiger partial charge in [0.15, 0.2) is 0 Å². The molecule has 1 aromatic rings. The van der Waals surface area contributed by atoms with Gasteiger partial charge in [0.25, 0.3) is 0 Å². The fourth-order valence-electron chi connectivity index (χ4n) is 2.18. The lowest BCUT2D eigenvalue weighted by atomic mass is 10.1. The number of benzene rings is 1. The number of rotatable bonds is 5. The van der Waals surface area contributed by atoms with Gasteiger partial charge in [0.1, 0.15) is 0 Å². The molecule has 0 atom stereocenters. The van der Waals surface area contributed by atoms with Gasteiger partial charge in [-0.05, 0) is 30.0 Å². The first-order chi connectivity index (χ1) is 9.20. The summed E-state index contributed by atoms with van der Waals surface area (Å²) in [6, 6.07) is 6.34. The van der Waals surface area contributed by atoms with Crippen molar-refractivity contribution in [2.45, 2.75) is 31.8 Å². The lowest BCUT2D eigenvalue weighted by Gasteiger charge is -2.07. The van der Waals surface area contributed by atoms with Gasteiger partial charge in [-0.1, -0.05) is 12.1 Å². The summed E-state index contributed by atoms with van der Waals surface area (Å²) >= 11 is 0. The number of nitrogens with one attached hydrogen (secondary N) is 3. The van der Waals surface area contributed by atoms with Gasteiger partial charge in [0.2, 0.25) is 11.8 Å². The summed E-state index contributed by atoms with van der Waals surface area (Å²) in [5.41, 5.74) is 2.92. The third-order valence-electron chi connectivity index (χ3n) is 3.41. The maximum absolute atomic E-state index is 11.6. The van der Waals surface area contributed by atoms with Gasteiger partial charge in [0, 0.05) is 18.3 Å². The Labute approximate surface area is 111 Å². The van der Waals surface area contributed by atoms with Gasteiger partial charge < -0.3 is 16.0 Å². The van der Waals surface area contributed by atoms with Crippen molar-refractivity contribution in [3.8, 4) is 0 Å². The van der Waals surface area contributed by atoms with Crippen molar-refractivity contribution in [2.75, 3.05) is 11.9 Å². The van der Waals surface area contributed by atoms with Crippen molar-refractivity contribution in [3.63, 3.8) is 0 Å². The Morgan fingerprint density at radius 3 is 3.00 bits per heavy atom. The molecule has 1 fully saturated rings. The van der Waals surface area contributed by atoms with Crippen molar-refractivity contribution < 1.29 is 9.59 Å². The first-order valence-corrected chi connectivity index (χ1v) is 6.62. The summed E-state index contributed by atoms with van der Waals surface area (Å²) in [6.45, 7) is 0.891. The molecule has 2 amide bonds. The van der Waals surface area contributed by atoms with Crippen molar-refractivity contribution in [1.29, 1.82) is 0 Å². The third-order valence-corrected chi connectivity index (χ3v) is 3.41. The lowest BCUT2D eigenvalue weighted by Crippen LogP contribution is -2.34. The Hall–Kier alpha value is -1.88. The second-order valence-electron chi connectivity index (χ2n) is 5.15. The number of hydrogen-bond donors (Lipinski definition) is 3. The van der Waals surface area contributed by atoms with Crippen LogP contribution in [0.25, 0.3) is 0 Å². The number of hydrogen-bond acceptors (Lipinski definition) is 3. The van der Waals surface area contributed by atoms with E-state index in [1.54, 1.807) is 0 Å². The van der Waals surface area contributed by atoms with Crippen molar-refractivity contribution >= 4 is 17.5 Å². The van der Waals surface area contributed by atoms with Crippen molar-refractivity contribution in [3.05, 3.63) is 29.3 Å². The molecule has 100 valence electrons. The van der Waals surface area contributed by atoms with Crippen LogP contribution in [0.4, 0.5) is 5.69 Å². The van der Waals surface area contributed by atoms with Gasteiger partial charge in [-0.25, -0.2) is 0 Å². The summed E-state index contributed by atoms with van der Waals surface area (Å²) in [5.74, 6) is 0.0476. The van der Waals surface area contributed by atoms with Crippen LogP contribution in [0.2, 0.25) is 0 Å². The van der Waals surface area contributed by atoms with E-state index in [2.05, 4.69) is 16.0 Å². The van der Waals surface area contributed by atoms with E-state index in [0.29, 0.717) is 25.6 Å². The molecule has 1 saturated carbocycles.